The first-order valence-corrected chi connectivity index (χ1v) is 7.16. The van der Waals surface area contributed by atoms with Gasteiger partial charge in [0.15, 0.2) is 0 Å². The molecule has 0 aliphatic carbocycles. The Hall–Kier alpha value is -1.33. The maximum absolute atomic E-state index is 11.4. The summed E-state index contributed by atoms with van der Waals surface area (Å²) in [6, 6.07) is 1.39. The lowest BCUT2D eigenvalue weighted by Gasteiger charge is -2.10. The molecule has 0 amide bonds. The highest BCUT2D eigenvalue weighted by Gasteiger charge is 2.11. The van der Waals surface area contributed by atoms with Crippen molar-refractivity contribution in [2.24, 2.45) is 0 Å². The maximum Gasteiger partial charge on any atom is 0.342 e. The van der Waals surface area contributed by atoms with Crippen molar-refractivity contribution in [1.29, 1.82) is 0 Å². The lowest BCUT2D eigenvalue weighted by atomic mass is 10.0. The van der Waals surface area contributed by atoms with Crippen LogP contribution in [0.25, 0.3) is 0 Å². The van der Waals surface area contributed by atoms with Crippen molar-refractivity contribution < 1.29 is 19.7 Å². The molecule has 0 fully saturated rings. The number of hydrogen-bond donors (Lipinski definition) is 3. The second-order valence-electron chi connectivity index (χ2n) is 5.15. The fourth-order valence-electron chi connectivity index (χ4n) is 2.05. The van der Waals surface area contributed by atoms with Crippen molar-refractivity contribution in [2.75, 3.05) is 6.61 Å². The van der Waals surface area contributed by atoms with Gasteiger partial charge in [-0.25, -0.2) is 4.79 Å². The van der Waals surface area contributed by atoms with Crippen molar-refractivity contribution in [2.45, 2.75) is 58.0 Å². The third-order valence-corrected chi connectivity index (χ3v) is 3.34. The Balaban J connectivity index is 2.32. The van der Waals surface area contributed by atoms with E-state index in [0.29, 0.717) is 12.2 Å². The summed E-state index contributed by atoms with van der Waals surface area (Å²) in [6.45, 7) is 1.73. The lowest BCUT2D eigenvalue weighted by molar-refractivity contribution is 0.152. The summed E-state index contributed by atoms with van der Waals surface area (Å²) in [7, 11) is 0. The molecule has 5 nitrogen and oxygen atoms in total. The van der Waals surface area contributed by atoms with Crippen LogP contribution in [-0.2, 0) is 6.42 Å². The number of aliphatic hydroxyl groups excluding tert-OH is 2. The second-order valence-corrected chi connectivity index (χ2v) is 5.15. The van der Waals surface area contributed by atoms with Crippen LogP contribution in [-0.4, -0.2) is 28.0 Å². The van der Waals surface area contributed by atoms with E-state index in [-0.39, 0.29) is 24.3 Å². The van der Waals surface area contributed by atoms with Crippen LogP contribution in [0.4, 0.5) is 0 Å². The van der Waals surface area contributed by atoms with Gasteiger partial charge in [-0.3, -0.25) is 0 Å². The molecule has 1 rings (SSSR count). The van der Waals surface area contributed by atoms with Gasteiger partial charge >= 0.3 is 5.63 Å². The van der Waals surface area contributed by atoms with Crippen LogP contribution in [0.5, 0.6) is 5.75 Å². The van der Waals surface area contributed by atoms with Crippen molar-refractivity contribution in [3.63, 3.8) is 0 Å². The minimum Gasteiger partial charge on any atom is -0.507 e. The second kappa shape index (κ2) is 8.76. The largest absolute Gasteiger partial charge is 0.507 e. The molecule has 0 spiro atoms. The average Bonchev–Trinajstić information content (AvgIpc) is 2.40. The highest BCUT2D eigenvalue weighted by atomic mass is 16.4. The van der Waals surface area contributed by atoms with E-state index in [2.05, 4.69) is 0 Å². The molecule has 5 heteroatoms. The minimum absolute atomic E-state index is 0.0903. The van der Waals surface area contributed by atoms with Gasteiger partial charge < -0.3 is 19.7 Å². The topological polar surface area (TPSA) is 90.9 Å². The molecular formula is C15H24O5. The van der Waals surface area contributed by atoms with E-state index >= 15 is 0 Å². The van der Waals surface area contributed by atoms with Crippen molar-refractivity contribution in [1.82, 2.24) is 0 Å². The molecule has 1 aromatic rings. The van der Waals surface area contributed by atoms with Gasteiger partial charge in [-0.2, -0.15) is 0 Å². The van der Waals surface area contributed by atoms with Gasteiger partial charge in [0.25, 0.3) is 0 Å². The van der Waals surface area contributed by atoms with Gasteiger partial charge in [0.2, 0.25) is 0 Å². The standard InChI is InChI=1S/C15H24O5/c1-11-14(18)10-13(20-15(11)19)9-12(17)7-5-3-2-4-6-8-16/h10,12,16-18H,2-9H2,1H3/t12-/m0/s1. The Kier molecular flexibility index (Phi) is 7.33. The number of unbranched alkanes of at least 4 members (excludes halogenated alkanes) is 4. The molecule has 1 atom stereocenters. The van der Waals surface area contributed by atoms with Crippen LogP contribution in [0.1, 0.15) is 49.8 Å². The summed E-state index contributed by atoms with van der Waals surface area (Å²) in [5.41, 5.74) is -0.372. The highest BCUT2D eigenvalue weighted by molar-refractivity contribution is 5.28. The Morgan fingerprint density at radius 3 is 2.50 bits per heavy atom. The summed E-state index contributed by atoms with van der Waals surface area (Å²) in [4.78, 5) is 11.4. The number of rotatable bonds is 9. The SMILES string of the molecule is Cc1c(O)cc(C[C@@H](O)CCCCCCCO)oc1=O. The zero-order valence-electron chi connectivity index (χ0n) is 12.0. The summed E-state index contributed by atoms with van der Waals surface area (Å²) in [6.07, 6.45) is 5.10. The third kappa shape index (κ3) is 5.75. The first-order valence-electron chi connectivity index (χ1n) is 7.16. The van der Waals surface area contributed by atoms with Gasteiger partial charge in [0.1, 0.15) is 11.5 Å². The normalized spacial score (nSPS) is 12.6. The molecule has 1 heterocycles. The van der Waals surface area contributed by atoms with Crippen LogP contribution in [0.15, 0.2) is 15.3 Å². The smallest absolute Gasteiger partial charge is 0.342 e. The fourth-order valence-corrected chi connectivity index (χ4v) is 2.05. The van der Waals surface area contributed by atoms with Gasteiger partial charge in [-0.15, -0.1) is 0 Å². The molecule has 0 radical (unpaired) electrons. The molecule has 0 saturated heterocycles. The van der Waals surface area contributed by atoms with Gasteiger partial charge in [0.05, 0.1) is 11.7 Å². The fraction of sp³-hybridized carbons (Fsp3) is 0.667. The predicted molar refractivity (Wildman–Crippen MR) is 75.9 cm³/mol. The van der Waals surface area contributed by atoms with Gasteiger partial charge in [-0.05, 0) is 19.8 Å². The maximum atomic E-state index is 11.4. The molecule has 0 unspecified atom stereocenters. The van der Waals surface area contributed by atoms with Crippen LogP contribution in [0, 0.1) is 6.92 Å². The molecule has 0 aromatic carbocycles. The molecule has 0 saturated carbocycles. The summed E-state index contributed by atoms with van der Waals surface area (Å²) < 4.78 is 5.02. The van der Waals surface area contributed by atoms with E-state index in [4.69, 9.17) is 9.52 Å². The summed E-state index contributed by atoms with van der Waals surface area (Å²) in [5.74, 6) is 0.221. The lowest BCUT2D eigenvalue weighted by Crippen LogP contribution is -2.13. The molecule has 20 heavy (non-hydrogen) atoms. The van der Waals surface area contributed by atoms with Crippen molar-refractivity contribution in [3.8, 4) is 5.75 Å². The van der Waals surface area contributed by atoms with Gasteiger partial charge in [-0.1, -0.05) is 25.7 Å². The van der Waals surface area contributed by atoms with Crippen LogP contribution in [0.3, 0.4) is 0 Å². The average molecular weight is 284 g/mol. The van der Waals surface area contributed by atoms with Crippen LogP contribution < -0.4 is 5.63 Å². The van der Waals surface area contributed by atoms with Crippen LogP contribution >= 0.6 is 0 Å². The van der Waals surface area contributed by atoms with E-state index < -0.39 is 11.7 Å². The third-order valence-electron chi connectivity index (χ3n) is 3.34. The number of aliphatic hydroxyl groups is 2. The van der Waals surface area contributed by atoms with E-state index in [0.717, 1.165) is 32.1 Å². The predicted octanol–water partition coefficient (Wildman–Crippen LogP) is 1.89. The Morgan fingerprint density at radius 1 is 1.20 bits per heavy atom. The molecule has 3 N–H and O–H groups in total. The molecule has 114 valence electrons. The molecule has 1 aromatic heterocycles. The first-order chi connectivity index (χ1) is 9.54. The van der Waals surface area contributed by atoms with E-state index in [1.807, 2.05) is 0 Å². The Labute approximate surface area is 118 Å². The quantitative estimate of drug-likeness (QED) is 0.602. The van der Waals surface area contributed by atoms with E-state index in [1.54, 1.807) is 0 Å². The molecule has 0 aliphatic heterocycles. The Bertz CT molecular complexity index is 452. The molecule has 0 bridgehead atoms. The molecular weight excluding hydrogens is 260 g/mol. The summed E-state index contributed by atoms with van der Waals surface area (Å²) in [5, 5.41) is 28.0. The zero-order chi connectivity index (χ0) is 15.0. The van der Waals surface area contributed by atoms with Gasteiger partial charge in [0, 0.05) is 19.1 Å². The number of aromatic hydroxyl groups is 1. The minimum atomic E-state index is -0.571. The monoisotopic (exact) mass is 284 g/mol. The Morgan fingerprint density at radius 2 is 1.85 bits per heavy atom. The van der Waals surface area contributed by atoms with E-state index in [1.165, 1.54) is 13.0 Å². The zero-order valence-corrected chi connectivity index (χ0v) is 12.0. The van der Waals surface area contributed by atoms with Crippen LogP contribution in [0.2, 0.25) is 0 Å². The number of hydrogen-bond acceptors (Lipinski definition) is 5. The van der Waals surface area contributed by atoms with Crippen molar-refractivity contribution >= 4 is 0 Å². The summed E-state index contributed by atoms with van der Waals surface area (Å²) >= 11 is 0. The van der Waals surface area contributed by atoms with Crippen molar-refractivity contribution in [3.05, 3.63) is 27.8 Å². The van der Waals surface area contributed by atoms with E-state index in [9.17, 15) is 15.0 Å². The first kappa shape index (κ1) is 16.7. The highest BCUT2D eigenvalue weighted by Crippen LogP contribution is 2.16. The molecule has 0 aliphatic rings.